The van der Waals surface area contributed by atoms with Crippen molar-refractivity contribution in [2.24, 2.45) is 0 Å². The third-order valence-electron chi connectivity index (χ3n) is 4.54. The van der Waals surface area contributed by atoms with Gasteiger partial charge in [-0.05, 0) is 56.5 Å². The van der Waals surface area contributed by atoms with Crippen molar-refractivity contribution in [1.82, 2.24) is 15.5 Å². The average Bonchev–Trinajstić information content (AvgIpc) is 2.75. The molecule has 0 spiro atoms. The second-order valence-electron chi connectivity index (χ2n) is 8.40. The second-order valence-corrected chi connectivity index (χ2v) is 8.40. The normalized spacial score (nSPS) is 11.6. The van der Waals surface area contributed by atoms with Crippen LogP contribution in [-0.2, 0) is 20.9 Å². The largest absolute Gasteiger partial charge is 0.508 e. The highest BCUT2D eigenvalue weighted by atomic mass is 16.6. The van der Waals surface area contributed by atoms with Gasteiger partial charge in [0, 0.05) is 12.6 Å². The van der Waals surface area contributed by atoms with Gasteiger partial charge in [0.25, 0.3) is 5.91 Å². The van der Waals surface area contributed by atoms with Crippen molar-refractivity contribution in [3.63, 3.8) is 0 Å². The van der Waals surface area contributed by atoms with E-state index in [0.29, 0.717) is 11.1 Å². The molecule has 8 nitrogen and oxygen atoms in total. The molecule has 0 aromatic heterocycles. The molecule has 0 aliphatic heterocycles. The lowest BCUT2D eigenvalue weighted by Crippen LogP contribution is -2.45. The van der Waals surface area contributed by atoms with E-state index in [9.17, 15) is 19.5 Å². The number of benzene rings is 2. The standard InChI is InChI=1S/C25H29N3O5/c1-6-28(21(30)16-27-24(32)33-25(3,4)5)22(19-12-13-20(29)17(2)14-19)23(31)26-15-18-10-8-7-9-11-18/h1,7-14,22,29H,15-16H2,2-5H3,(H,26,31)(H,27,32). The predicted molar refractivity (Wildman–Crippen MR) is 124 cm³/mol. The van der Waals surface area contributed by atoms with Crippen molar-refractivity contribution in [2.45, 2.75) is 45.9 Å². The Balaban J connectivity index is 2.25. The van der Waals surface area contributed by atoms with E-state index < -0.39 is 36.1 Å². The molecule has 0 saturated carbocycles. The average molecular weight is 452 g/mol. The minimum Gasteiger partial charge on any atom is -0.508 e. The predicted octanol–water partition coefficient (Wildman–Crippen LogP) is 3.00. The second kappa shape index (κ2) is 11.0. The number of rotatable bonds is 7. The molecular weight excluding hydrogens is 422 g/mol. The minimum atomic E-state index is -1.18. The van der Waals surface area contributed by atoms with Gasteiger partial charge in [-0.15, -0.1) is 0 Å². The van der Waals surface area contributed by atoms with Crippen LogP contribution in [0.3, 0.4) is 0 Å². The first kappa shape index (κ1) is 25.3. The van der Waals surface area contributed by atoms with Crippen molar-refractivity contribution in [2.75, 3.05) is 6.54 Å². The van der Waals surface area contributed by atoms with Crippen molar-refractivity contribution in [3.8, 4) is 18.2 Å². The topological polar surface area (TPSA) is 108 Å². The van der Waals surface area contributed by atoms with Crippen molar-refractivity contribution in [3.05, 3.63) is 65.2 Å². The van der Waals surface area contributed by atoms with E-state index >= 15 is 0 Å². The molecule has 2 aromatic rings. The summed E-state index contributed by atoms with van der Waals surface area (Å²) in [5.74, 6) is -1.13. The van der Waals surface area contributed by atoms with Gasteiger partial charge < -0.3 is 20.5 Å². The lowest BCUT2D eigenvalue weighted by molar-refractivity contribution is -0.136. The summed E-state index contributed by atoms with van der Waals surface area (Å²) in [6.45, 7) is 6.53. The zero-order valence-electron chi connectivity index (χ0n) is 19.2. The lowest BCUT2D eigenvalue weighted by Gasteiger charge is -2.27. The quantitative estimate of drug-likeness (QED) is 0.443. The molecule has 2 aromatic carbocycles. The van der Waals surface area contributed by atoms with Gasteiger partial charge in [-0.25, -0.2) is 4.79 Å². The third-order valence-corrected chi connectivity index (χ3v) is 4.54. The van der Waals surface area contributed by atoms with Crippen molar-refractivity contribution >= 4 is 17.9 Å². The summed E-state index contributed by atoms with van der Waals surface area (Å²) in [5, 5.41) is 15.0. The number of nitrogens with one attached hydrogen (secondary N) is 2. The maximum atomic E-state index is 13.2. The summed E-state index contributed by atoms with van der Waals surface area (Å²) >= 11 is 0. The fourth-order valence-electron chi connectivity index (χ4n) is 2.99. The number of carbonyl (C=O) groups excluding carboxylic acids is 3. The molecule has 0 saturated heterocycles. The van der Waals surface area contributed by atoms with Gasteiger partial charge >= 0.3 is 6.09 Å². The van der Waals surface area contributed by atoms with Crippen LogP contribution in [-0.4, -0.2) is 40.1 Å². The summed E-state index contributed by atoms with van der Waals surface area (Å²) in [6, 6.07) is 14.9. The molecule has 0 heterocycles. The number of aromatic hydroxyl groups is 1. The van der Waals surface area contributed by atoms with Crippen LogP contribution >= 0.6 is 0 Å². The van der Waals surface area contributed by atoms with Gasteiger partial charge in [-0.3, -0.25) is 14.5 Å². The zero-order chi connectivity index (χ0) is 24.6. The first-order valence-electron chi connectivity index (χ1n) is 10.4. The molecule has 8 heteroatoms. The number of carbonyl (C=O) groups is 3. The summed E-state index contributed by atoms with van der Waals surface area (Å²) in [4.78, 5) is 38.9. The van der Waals surface area contributed by atoms with Crippen LogP contribution in [0.25, 0.3) is 0 Å². The van der Waals surface area contributed by atoms with Gasteiger partial charge in [-0.2, -0.15) is 0 Å². The highest BCUT2D eigenvalue weighted by Gasteiger charge is 2.31. The molecule has 0 bridgehead atoms. The summed E-state index contributed by atoms with van der Waals surface area (Å²) in [5.41, 5.74) is 1.07. The number of phenols is 1. The van der Waals surface area contributed by atoms with E-state index in [1.807, 2.05) is 30.3 Å². The van der Waals surface area contributed by atoms with E-state index in [0.717, 1.165) is 10.5 Å². The van der Waals surface area contributed by atoms with E-state index in [1.54, 1.807) is 33.8 Å². The van der Waals surface area contributed by atoms with E-state index in [1.165, 1.54) is 12.1 Å². The van der Waals surface area contributed by atoms with Gasteiger partial charge in [0.05, 0.1) is 0 Å². The molecule has 0 radical (unpaired) electrons. The summed E-state index contributed by atoms with van der Waals surface area (Å²) < 4.78 is 5.13. The first-order valence-corrected chi connectivity index (χ1v) is 10.4. The van der Waals surface area contributed by atoms with Crippen LogP contribution < -0.4 is 10.6 Å². The number of nitrogens with zero attached hydrogens (tertiary/aromatic N) is 1. The molecule has 0 fully saturated rings. The minimum absolute atomic E-state index is 0.0485. The Kier molecular flexibility index (Phi) is 8.46. The fourth-order valence-corrected chi connectivity index (χ4v) is 2.99. The van der Waals surface area contributed by atoms with Crippen LogP contribution in [0.2, 0.25) is 0 Å². The lowest BCUT2D eigenvalue weighted by atomic mass is 10.0. The maximum absolute atomic E-state index is 13.2. The van der Waals surface area contributed by atoms with Gasteiger partial charge in [0.1, 0.15) is 23.9 Å². The number of ether oxygens (including phenoxy) is 1. The smallest absolute Gasteiger partial charge is 0.408 e. The van der Waals surface area contributed by atoms with Crippen molar-refractivity contribution in [1.29, 1.82) is 0 Å². The molecule has 1 atom stereocenters. The number of hydrogen-bond acceptors (Lipinski definition) is 5. The highest BCUT2D eigenvalue weighted by molar-refractivity contribution is 5.91. The van der Waals surface area contributed by atoms with E-state index in [4.69, 9.17) is 11.2 Å². The fraction of sp³-hybridized carbons (Fsp3) is 0.320. The Labute approximate surface area is 193 Å². The Hall–Kier alpha value is -3.99. The van der Waals surface area contributed by atoms with E-state index in [2.05, 4.69) is 16.7 Å². The maximum Gasteiger partial charge on any atom is 0.408 e. The number of aryl methyl sites for hydroxylation is 1. The molecule has 1 unspecified atom stereocenters. The SMILES string of the molecule is C#CN(C(=O)CNC(=O)OC(C)(C)C)C(C(=O)NCc1ccccc1)c1ccc(O)c(C)c1. The zero-order valence-corrected chi connectivity index (χ0v) is 19.2. The molecule has 3 amide bonds. The van der Waals surface area contributed by atoms with Crippen LogP contribution in [0, 0.1) is 19.4 Å². The summed E-state index contributed by atoms with van der Waals surface area (Å²) in [7, 11) is 0. The molecular formula is C25H29N3O5. The van der Waals surface area contributed by atoms with Crippen molar-refractivity contribution < 1.29 is 24.2 Å². The number of hydrogen-bond donors (Lipinski definition) is 3. The first-order chi connectivity index (χ1) is 15.5. The number of phenolic OH excluding ortho intramolecular Hbond substituents is 1. The molecule has 0 aliphatic rings. The molecule has 0 aliphatic carbocycles. The number of terminal acetylenes is 1. The monoisotopic (exact) mass is 451 g/mol. The van der Waals surface area contributed by atoms with Gasteiger partial charge in [0.2, 0.25) is 5.91 Å². The van der Waals surface area contributed by atoms with Crippen LogP contribution in [0.1, 0.15) is 43.5 Å². The van der Waals surface area contributed by atoms with Gasteiger partial charge in [0.15, 0.2) is 0 Å². The molecule has 174 valence electrons. The third kappa shape index (κ3) is 7.58. The van der Waals surface area contributed by atoms with Crippen LogP contribution in [0.5, 0.6) is 5.75 Å². The summed E-state index contributed by atoms with van der Waals surface area (Å²) in [6.07, 6.45) is 4.84. The van der Waals surface area contributed by atoms with Crippen LogP contribution in [0.15, 0.2) is 48.5 Å². The molecule has 3 N–H and O–H groups in total. The van der Waals surface area contributed by atoms with Gasteiger partial charge in [-0.1, -0.05) is 42.8 Å². The Morgan fingerprint density at radius 3 is 2.36 bits per heavy atom. The number of alkyl carbamates (subject to hydrolysis) is 1. The molecule has 2 rings (SSSR count). The van der Waals surface area contributed by atoms with Crippen LogP contribution in [0.4, 0.5) is 4.79 Å². The Morgan fingerprint density at radius 1 is 1.12 bits per heavy atom. The Morgan fingerprint density at radius 2 is 1.79 bits per heavy atom. The van der Waals surface area contributed by atoms with E-state index in [-0.39, 0.29) is 12.3 Å². The Bertz CT molecular complexity index is 1040. The highest BCUT2D eigenvalue weighted by Crippen LogP contribution is 2.26. The molecule has 33 heavy (non-hydrogen) atoms. The number of amides is 3.